The molecule has 0 unspecified atom stereocenters. The molecule has 71 heavy (non-hydrogen) atoms. The van der Waals surface area contributed by atoms with Gasteiger partial charge in [0, 0.05) is 78.8 Å². The molecule has 0 saturated carbocycles. The molecule has 17 heteroatoms. The Morgan fingerprint density at radius 2 is 0.972 bits per heavy atom. The third kappa shape index (κ3) is 11.4. The van der Waals surface area contributed by atoms with Crippen molar-refractivity contribution in [3.63, 3.8) is 0 Å². The van der Waals surface area contributed by atoms with E-state index < -0.39 is 28.2 Å². The Balaban J connectivity index is 1.01. The summed E-state index contributed by atoms with van der Waals surface area (Å²) in [7, 11) is 0.135. The number of carbonyl (C=O) groups is 4. The van der Waals surface area contributed by atoms with E-state index in [1.807, 2.05) is 43.3 Å². The number of hydrogen-bond donors (Lipinski definition) is 1. The third-order valence-corrected chi connectivity index (χ3v) is 16.6. The second kappa shape index (κ2) is 21.1. The lowest BCUT2D eigenvalue weighted by atomic mass is 10.0. The predicted molar refractivity (Wildman–Crippen MR) is 282 cm³/mol. The van der Waals surface area contributed by atoms with E-state index in [0.717, 1.165) is 39.9 Å². The Hall–Kier alpha value is -6.41. The Kier molecular flexibility index (Phi) is 15.2. The van der Waals surface area contributed by atoms with Crippen LogP contribution in [0, 0.1) is 6.92 Å². The number of rotatable bonds is 20. The van der Waals surface area contributed by atoms with Crippen LogP contribution in [0.4, 0.5) is 17.1 Å². The zero-order valence-corrected chi connectivity index (χ0v) is 44.5. The molecule has 0 bridgehead atoms. The van der Waals surface area contributed by atoms with Gasteiger partial charge in [0.05, 0.1) is 49.9 Å². The van der Waals surface area contributed by atoms with Gasteiger partial charge in [-0.05, 0) is 65.6 Å². The maximum atomic E-state index is 14.6. The molecule has 0 saturated heterocycles. The molecule has 4 heterocycles. The number of aryl methyl sites for hydroxylation is 1. The molecule has 0 radical (unpaired) electrons. The van der Waals surface area contributed by atoms with E-state index >= 15 is 0 Å². The number of benzene rings is 4. The molecule has 4 aromatic carbocycles. The fourth-order valence-corrected chi connectivity index (χ4v) is 10.5. The highest BCUT2D eigenvalue weighted by Crippen LogP contribution is 2.44. The van der Waals surface area contributed by atoms with Crippen LogP contribution in [0.5, 0.6) is 23.0 Å². The molecule has 376 valence electrons. The van der Waals surface area contributed by atoms with Crippen LogP contribution >= 0.6 is 0 Å². The molecular formula is C54H67N5O10Si2. The zero-order chi connectivity index (χ0) is 50.8. The molecule has 8 rings (SSSR count). The van der Waals surface area contributed by atoms with E-state index in [2.05, 4.69) is 39.3 Å². The van der Waals surface area contributed by atoms with Crippen molar-refractivity contribution in [2.24, 2.45) is 0 Å². The van der Waals surface area contributed by atoms with Gasteiger partial charge in [0.25, 0.3) is 23.6 Å². The first-order valence-corrected chi connectivity index (χ1v) is 31.7. The highest BCUT2D eigenvalue weighted by Gasteiger charge is 2.45. The monoisotopic (exact) mass is 1000 g/mol. The van der Waals surface area contributed by atoms with Crippen molar-refractivity contribution in [2.75, 3.05) is 69.6 Å². The van der Waals surface area contributed by atoms with Crippen molar-refractivity contribution < 1.29 is 47.6 Å². The SMILES string of the molecule is COc1cc2c(cc1OCCCOc1cc3c(cc1OC)C(=O)N1C=C(c4ccc(N)cc4)C[C@H]1C(=O)N3COCC[Si](C)(C)C)N(COCC[Si](C)(C)C)C(=O)[C@@H]1CC(c3ccc(C)cc3)=CN1C2=O. The van der Waals surface area contributed by atoms with Gasteiger partial charge < -0.3 is 44.0 Å². The minimum Gasteiger partial charge on any atom is -0.493 e. The number of nitrogens with two attached hydrogens (primary N) is 1. The lowest BCUT2D eigenvalue weighted by molar-refractivity contribution is -0.123. The van der Waals surface area contributed by atoms with Crippen LogP contribution in [0.2, 0.25) is 51.4 Å². The van der Waals surface area contributed by atoms with Crippen LogP contribution < -0.4 is 34.5 Å². The first-order chi connectivity index (χ1) is 33.8. The standard InChI is InChI=1S/C54H67N5O10Si2/c1-35-11-13-36(14-12-35)38-25-45-53(62)58(33-66-21-23-70(4,5)6)43-29-49(47(64-2)27-41(43)51(60)56(45)31-38)68-19-10-20-69-50-30-44-42(28-48(50)65-3)52(61)57-32-39(37-15-17-40(55)18-16-37)26-46(57)54(63)59(44)34-67-22-24-71(7,8)9/h11-18,27-32,45-46H,10,19-26,33-34,55H2,1-9H3/t45-,46-/m0/s1. The quantitative estimate of drug-likeness (QED) is 0.0510. The lowest BCUT2D eigenvalue weighted by Crippen LogP contribution is -2.45. The Morgan fingerprint density at radius 1 is 0.563 bits per heavy atom. The van der Waals surface area contributed by atoms with Crippen molar-refractivity contribution in [3.8, 4) is 23.0 Å². The summed E-state index contributed by atoms with van der Waals surface area (Å²) in [5.74, 6) is 0.149. The van der Waals surface area contributed by atoms with Gasteiger partial charge in [-0.2, -0.15) is 0 Å². The highest BCUT2D eigenvalue weighted by molar-refractivity contribution is 6.76. The largest absolute Gasteiger partial charge is 0.493 e. The average molecular weight is 1000 g/mol. The molecular weight excluding hydrogens is 935 g/mol. The van der Waals surface area contributed by atoms with E-state index in [1.165, 1.54) is 24.0 Å². The number of ether oxygens (including phenoxy) is 6. The van der Waals surface area contributed by atoms with Gasteiger partial charge in [-0.25, -0.2) is 0 Å². The van der Waals surface area contributed by atoms with Crippen LogP contribution in [0.15, 0.2) is 85.2 Å². The molecule has 15 nitrogen and oxygen atoms in total. The van der Waals surface area contributed by atoms with Gasteiger partial charge in [0.15, 0.2) is 23.0 Å². The fourth-order valence-electron chi connectivity index (χ4n) is 8.96. The van der Waals surface area contributed by atoms with Gasteiger partial charge in [-0.1, -0.05) is 81.2 Å². The lowest BCUT2D eigenvalue weighted by Gasteiger charge is -2.27. The number of nitrogen functional groups attached to an aromatic ring is 1. The first kappa shape index (κ1) is 51.0. The molecule has 0 aromatic heterocycles. The number of amides is 4. The van der Waals surface area contributed by atoms with Gasteiger partial charge in [0.1, 0.15) is 25.5 Å². The molecule has 4 aromatic rings. The van der Waals surface area contributed by atoms with Crippen molar-refractivity contribution in [1.29, 1.82) is 0 Å². The maximum Gasteiger partial charge on any atom is 0.260 e. The third-order valence-electron chi connectivity index (χ3n) is 13.2. The summed E-state index contributed by atoms with van der Waals surface area (Å²) in [6.07, 6.45) is 4.63. The van der Waals surface area contributed by atoms with Crippen molar-refractivity contribution in [1.82, 2.24) is 9.80 Å². The number of hydrogen-bond acceptors (Lipinski definition) is 11. The topological polar surface area (TPSA) is 163 Å². The summed E-state index contributed by atoms with van der Waals surface area (Å²) >= 11 is 0. The molecule has 0 aliphatic carbocycles. The minimum atomic E-state index is -1.44. The number of anilines is 3. The first-order valence-electron chi connectivity index (χ1n) is 24.3. The summed E-state index contributed by atoms with van der Waals surface area (Å²) < 4.78 is 36.6. The van der Waals surface area contributed by atoms with Gasteiger partial charge >= 0.3 is 0 Å². The second-order valence-corrected chi connectivity index (χ2v) is 32.2. The molecule has 4 aliphatic heterocycles. The van der Waals surface area contributed by atoms with E-state index in [4.69, 9.17) is 34.2 Å². The van der Waals surface area contributed by atoms with E-state index in [9.17, 15) is 19.2 Å². The van der Waals surface area contributed by atoms with Crippen LogP contribution in [0.1, 0.15) is 56.7 Å². The summed E-state index contributed by atoms with van der Waals surface area (Å²) in [6, 6.07) is 22.4. The average Bonchev–Trinajstić information content (AvgIpc) is 3.96. The number of carbonyl (C=O) groups excluding carboxylic acids is 4. The molecule has 0 spiro atoms. The van der Waals surface area contributed by atoms with E-state index in [0.29, 0.717) is 78.1 Å². The normalized spacial score (nSPS) is 17.8. The summed E-state index contributed by atoms with van der Waals surface area (Å²) in [5, 5.41) is 0. The molecule has 2 N–H and O–H groups in total. The number of nitrogens with zero attached hydrogens (tertiary/aromatic N) is 4. The predicted octanol–water partition coefficient (Wildman–Crippen LogP) is 9.27. The second-order valence-electron chi connectivity index (χ2n) is 21.0. The fraction of sp³-hybridized carbons (Fsp3) is 0.407. The molecule has 4 aliphatic rings. The Morgan fingerprint density at radius 3 is 1.37 bits per heavy atom. The van der Waals surface area contributed by atoms with Crippen molar-refractivity contribution in [3.05, 3.63) is 113 Å². The molecule has 4 amide bonds. The van der Waals surface area contributed by atoms with Crippen LogP contribution in [0.25, 0.3) is 11.1 Å². The van der Waals surface area contributed by atoms with E-state index in [-0.39, 0.29) is 55.9 Å². The summed E-state index contributed by atoms with van der Waals surface area (Å²) in [4.78, 5) is 64.2. The zero-order valence-electron chi connectivity index (χ0n) is 42.5. The Bertz CT molecular complexity index is 2550. The van der Waals surface area contributed by atoms with Crippen molar-refractivity contribution in [2.45, 2.75) is 89.6 Å². The van der Waals surface area contributed by atoms with Crippen LogP contribution in [-0.2, 0) is 19.1 Å². The molecule has 0 fully saturated rings. The number of fused-ring (bicyclic) bond motifs is 4. The highest BCUT2D eigenvalue weighted by atomic mass is 28.3. The summed E-state index contributed by atoms with van der Waals surface area (Å²) in [5.41, 5.74) is 12.6. The van der Waals surface area contributed by atoms with Gasteiger partial charge in [0.2, 0.25) is 0 Å². The van der Waals surface area contributed by atoms with Crippen molar-refractivity contribution >= 4 is 68.0 Å². The van der Waals surface area contributed by atoms with Crippen LogP contribution in [-0.4, -0.2) is 116 Å². The van der Waals surface area contributed by atoms with Gasteiger partial charge in [-0.3, -0.25) is 29.0 Å². The van der Waals surface area contributed by atoms with Gasteiger partial charge in [-0.15, -0.1) is 0 Å². The van der Waals surface area contributed by atoms with E-state index in [1.54, 1.807) is 58.6 Å². The number of methoxy groups -OCH3 is 2. The maximum absolute atomic E-state index is 14.6. The minimum absolute atomic E-state index is 0.0325. The smallest absolute Gasteiger partial charge is 0.260 e. The Labute approximate surface area is 419 Å². The summed E-state index contributed by atoms with van der Waals surface area (Å²) in [6.45, 7) is 16.8. The molecule has 2 atom stereocenters. The van der Waals surface area contributed by atoms with Crippen LogP contribution in [0.3, 0.4) is 0 Å².